The number of carboxylic acid groups (broad SMARTS) is 1. The third-order valence-corrected chi connectivity index (χ3v) is 2.94. The summed E-state index contributed by atoms with van der Waals surface area (Å²) in [5, 5.41) is 12.2. The zero-order chi connectivity index (χ0) is 10.2. The Hall–Kier alpha value is -0.810. The molecule has 2 rings (SSSR count). The van der Waals surface area contributed by atoms with E-state index in [4.69, 9.17) is 4.42 Å². The second-order valence-corrected chi connectivity index (χ2v) is 4.13. The minimum Gasteiger partial charge on any atom is -0.480 e. The van der Waals surface area contributed by atoms with Gasteiger partial charge in [-0.15, -0.1) is 0 Å². The molecule has 2 heterocycles. The second kappa shape index (κ2) is 3.40. The van der Waals surface area contributed by atoms with Crippen LogP contribution in [0.1, 0.15) is 18.6 Å². The Bertz CT molecular complexity index is 355. The Morgan fingerprint density at radius 2 is 2.43 bits per heavy atom. The molecule has 0 spiro atoms. The Labute approximate surface area is 89.4 Å². The van der Waals surface area contributed by atoms with E-state index in [2.05, 4.69) is 21.2 Å². The van der Waals surface area contributed by atoms with Crippen LogP contribution >= 0.6 is 15.9 Å². The van der Waals surface area contributed by atoms with Crippen molar-refractivity contribution in [3.05, 3.63) is 22.6 Å². The standard InChI is InChI=1S/C9H10BrNO3/c10-7-3-2-6(14-7)9(8(12)13)4-1-5-11-9/h2-3,11H,1,4-5H2,(H,12,13). The van der Waals surface area contributed by atoms with Crippen molar-refractivity contribution in [1.82, 2.24) is 5.32 Å². The summed E-state index contributed by atoms with van der Waals surface area (Å²) in [7, 11) is 0. The number of nitrogens with one attached hydrogen (secondary N) is 1. The van der Waals surface area contributed by atoms with Crippen LogP contribution in [0.4, 0.5) is 0 Å². The lowest BCUT2D eigenvalue weighted by molar-refractivity contribution is -0.145. The quantitative estimate of drug-likeness (QED) is 0.849. The summed E-state index contributed by atoms with van der Waals surface area (Å²) < 4.78 is 5.86. The largest absolute Gasteiger partial charge is 0.480 e. The smallest absolute Gasteiger partial charge is 0.331 e. The van der Waals surface area contributed by atoms with Crippen LogP contribution in [0, 0.1) is 0 Å². The molecule has 1 aromatic rings. The van der Waals surface area contributed by atoms with Gasteiger partial charge in [0.05, 0.1) is 0 Å². The normalized spacial score (nSPS) is 26.6. The lowest BCUT2D eigenvalue weighted by atomic mass is 9.95. The zero-order valence-electron chi connectivity index (χ0n) is 7.42. The Kier molecular flexibility index (Phi) is 2.36. The van der Waals surface area contributed by atoms with E-state index in [-0.39, 0.29) is 0 Å². The highest BCUT2D eigenvalue weighted by molar-refractivity contribution is 9.10. The van der Waals surface area contributed by atoms with E-state index >= 15 is 0 Å². The Balaban J connectivity index is 2.41. The number of hydrogen-bond acceptors (Lipinski definition) is 3. The van der Waals surface area contributed by atoms with E-state index in [0.29, 0.717) is 23.4 Å². The fourth-order valence-electron chi connectivity index (χ4n) is 1.79. The van der Waals surface area contributed by atoms with Crippen molar-refractivity contribution in [1.29, 1.82) is 0 Å². The summed E-state index contributed by atoms with van der Waals surface area (Å²) in [6, 6.07) is 3.40. The van der Waals surface area contributed by atoms with Crippen molar-refractivity contribution in [3.63, 3.8) is 0 Å². The van der Waals surface area contributed by atoms with Crippen LogP contribution in [0.25, 0.3) is 0 Å². The van der Waals surface area contributed by atoms with E-state index in [0.717, 1.165) is 6.42 Å². The maximum atomic E-state index is 11.2. The first-order valence-corrected chi connectivity index (χ1v) is 5.19. The summed E-state index contributed by atoms with van der Waals surface area (Å²) in [6.07, 6.45) is 1.42. The molecule has 0 bridgehead atoms. The molecule has 0 saturated carbocycles. The third-order valence-electron chi connectivity index (χ3n) is 2.51. The van der Waals surface area contributed by atoms with Gasteiger partial charge in [-0.1, -0.05) is 0 Å². The predicted octanol–water partition coefficient (Wildman–Crippen LogP) is 1.71. The van der Waals surface area contributed by atoms with Crippen LogP contribution in [0.15, 0.2) is 21.2 Å². The van der Waals surface area contributed by atoms with Crippen molar-refractivity contribution in [2.75, 3.05) is 6.54 Å². The fourth-order valence-corrected chi connectivity index (χ4v) is 2.09. The van der Waals surface area contributed by atoms with Crippen LogP contribution < -0.4 is 5.32 Å². The maximum Gasteiger partial charge on any atom is 0.331 e. The molecule has 2 N–H and O–H groups in total. The van der Waals surface area contributed by atoms with Gasteiger partial charge in [0.25, 0.3) is 0 Å². The van der Waals surface area contributed by atoms with Gasteiger partial charge in [0.1, 0.15) is 5.76 Å². The van der Waals surface area contributed by atoms with Crippen LogP contribution in [0.5, 0.6) is 0 Å². The molecule has 0 radical (unpaired) electrons. The van der Waals surface area contributed by atoms with E-state index in [9.17, 15) is 9.90 Å². The number of rotatable bonds is 2. The van der Waals surface area contributed by atoms with Crippen LogP contribution in [-0.2, 0) is 10.3 Å². The molecule has 4 nitrogen and oxygen atoms in total. The number of aliphatic carboxylic acids is 1. The first kappa shape index (κ1) is 9.73. The van der Waals surface area contributed by atoms with E-state index in [1.165, 1.54) is 0 Å². The first-order valence-electron chi connectivity index (χ1n) is 4.39. The average Bonchev–Trinajstić information content (AvgIpc) is 2.71. The van der Waals surface area contributed by atoms with Gasteiger partial charge >= 0.3 is 5.97 Å². The van der Waals surface area contributed by atoms with Crippen molar-refractivity contribution >= 4 is 21.9 Å². The van der Waals surface area contributed by atoms with E-state index in [1.807, 2.05) is 0 Å². The molecular weight excluding hydrogens is 250 g/mol. The molecule has 1 aliphatic heterocycles. The molecule has 1 fully saturated rings. The monoisotopic (exact) mass is 259 g/mol. The maximum absolute atomic E-state index is 11.2. The van der Waals surface area contributed by atoms with Crippen molar-refractivity contribution in [2.24, 2.45) is 0 Å². The van der Waals surface area contributed by atoms with Gasteiger partial charge in [0.2, 0.25) is 0 Å². The highest BCUT2D eigenvalue weighted by Crippen LogP contribution is 2.33. The van der Waals surface area contributed by atoms with Gasteiger partial charge in [0, 0.05) is 0 Å². The lowest BCUT2D eigenvalue weighted by Crippen LogP contribution is -2.44. The van der Waals surface area contributed by atoms with E-state index < -0.39 is 11.5 Å². The molecule has 0 aromatic carbocycles. The number of hydrogen-bond donors (Lipinski definition) is 2. The van der Waals surface area contributed by atoms with Gasteiger partial charge in [-0.2, -0.15) is 0 Å². The molecule has 0 aliphatic carbocycles. The molecule has 1 aromatic heterocycles. The van der Waals surface area contributed by atoms with Crippen LogP contribution in [0.2, 0.25) is 0 Å². The molecular formula is C9H10BrNO3. The highest BCUT2D eigenvalue weighted by atomic mass is 79.9. The van der Waals surface area contributed by atoms with Gasteiger partial charge in [0.15, 0.2) is 10.2 Å². The summed E-state index contributed by atoms with van der Waals surface area (Å²) in [5.41, 5.74) is -1.02. The molecule has 76 valence electrons. The molecule has 1 unspecified atom stereocenters. The van der Waals surface area contributed by atoms with Crippen molar-refractivity contribution in [3.8, 4) is 0 Å². The highest BCUT2D eigenvalue weighted by Gasteiger charge is 2.45. The van der Waals surface area contributed by atoms with E-state index in [1.54, 1.807) is 12.1 Å². The lowest BCUT2D eigenvalue weighted by Gasteiger charge is -2.21. The third kappa shape index (κ3) is 1.36. The van der Waals surface area contributed by atoms with Crippen LogP contribution in [-0.4, -0.2) is 17.6 Å². The molecule has 1 saturated heterocycles. The fraction of sp³-hybridized carbons (Fsp3) is 0.444. The van der Waals surface area contributed by atoms with Crippen molar-refractivity contribution in [2.45, 2.75) is 18.4 Å². The second-order valence-electron chi connectivity index (χ2n) is 3.34. The molecule has 1 aliphatic rings. The topological polar surface area (TPSA) is 62.5 Å². The first-order chi connectivity index (χ1) is 6.65. The molecule has 14 heavy (non-hydrogen) atoms. The number of halogens is 1. The molecule has 5 heteroatoms. The van der Waals surface area contributed by atoms with Crippen LogP contribution in [0.3, 0.4) is 0 Å². The number of furan rings is 1. The Morgan fingerprint density at radius 3 is 2.86 bits per heavy atom. The molecule has 0 amide bonds. The predicted molar refractivity (Wildman–Crippen MR) is 53.0 cm³/mol. The van der Waals surface area contributed by atoms with Gasteiger partial charge in [-0.3, -0.25) is 5.32 Å². The Morgan fingerprint density at radius 1 is 1.64 bits per heavy atom. The summed E-state index contributed by atoms with van der Waals surface area (Å²) in [6.45, 7) is 0.713. The number of carboxylic acids is 1. The SMILES string of the molecule is O=C(O)C1(c2ccc(Br)o2)CCCN1. The summed E-state index contributed by atoms with van der Waals surface area (Å²) in [4.78, 5) is 11.2. The minimum absolute atomic E-state index is 0.467. The minimum atomic E-state index is -1.02. The van der Waals surface area contributed by atoms with Gasteiger partial charge in [-0.05, 0) is 47.4 Å². The number of carbonyl (C=O) groups is 1. The summed E-state index contributed by atoms with van der Waals surface area (Å²) >= 11 is 3.17. The average molecular weight is 260 g/mol. The zero-order valence-corrected chi connectivity index (χ0v) is 9.00. The summed E-state index contributed by atoms with van der Waals surface area (Å²) in [5.74, 6) is -0.411. The van der Waals surface area contributed by atoms with Gasteiger partial charge < -0.3 is 9.52 Å². The van der Waals surface area contributed by atoms with Crippen molar-refractivity contribution < 1.29 is 14.3 Å². The van der Waals surface area contributed by atoms with Gasteiger partial charge in [-0.25, -0.2) is 4.79 Å². The molecule has 1 atom stereocenters.